The lowest BCUT2D eigenvalue weighted by Gasteiger charge is -2.33. The maximum absolute atomic E-state index is 13.4. The van der Waals surface area contributed by atoms with Crippen molar-refractivity contribution >= 4 is 39.4 Å². The Bertz CT molecular complexity index is 832. The van der Waals surface area contributed by atoms with Gasteiger partial charge in [-0.15, -0.1) is 4.36 Å². The van der Waals surface area contributed by atoms with Crippen molar-refractivity contribution in [2.75, 3.05) is 14.2 Å². The Morgan fingerprint density at radius 2 is 2.00 bits per heavy atom. The summed E-state index contributed by atoms with van der Waals surface area (Å²) in [5.74, 6) is -0.334. The maximum Gasteiger partial charge on any atom is 0.316 e. The lowest BCUT2D eigenvalue weighted by molar-refractivity contribution is -0.130. The van der Waals surface area contributed by atoms with Crippen LogP contribution < -0.4 is 10.1 Å². The third-order valence-electron chi connectivity index (χ3n) is 4.89. The Kier molecular flexibility index (Phi) is 10.8. The molecule has 2 unspecified atom stereocenters. The largest absolute Gasteiger partial charge is 0.494 e. The number of unbranched alkanes of at least 4 members (excludes halogenated alkanes) is 2. The fraction of sp³-hybridized carbons (Fsp3) is 0.600. The third-order valence-corrected chi connectivity index (χ3v) is 5.64. The molecule has 0 saturated carbocycles. The highest BCUT2D eigenvalue weighted by Crippen LogP contribution is 2.32. The van der Waals surface area contributed by atoms with Gasteiger partial charge in [0.2, 0.25) is 5.91 Å². The second kappa shape index (κ2) is 12.5. The van der Waals surface area contributed by atoms with Crippen LogP contribution in [0, 0.1) is 0 Å². The summed E-state index contributed by atoms with van der Waals surface area (Å²) in [6.07, 6.45) is 4.91. The first kappa shape index (κ1) is 25.0. The standard InChI is InChI=1S/C20H31N3O4S2/c1-6-8-9-10-16(7-2)23(20(28)21-4)19(24)14(3)15-11-12-18(27-5)17(13-15)22-29(25)26/h11-14,16H,6-10H2,1-5H3,(H,21,28). The molecular formula is C20H31N3O4S2. The zero-order valence-corrected chi connectivity index (χ0v) is 19.4. The second-order valence-electron chi connectivity index (χ2n) is 6.78. The molecule has 2 atom stereocenters. The molecule has 7 nitrogen and oxygen atoms in total. The smallest absolute Gasteiger partial charge is 0.316 e. The maximum atomic E-state index is 13.4. The average Bonchev–Trinajstić information content (AvgIpc) is 2.71. The number of thiocarbonyl (C=S) groups is 1. The number of carbonyl (C=O) groups excluding carboxylic acids is 1. The van der Waals surface area contributed by atoms with Gasteiger partial charge in [-0.3, -0.25) is 9.69 Å². The topological polar surface area (TPSA) is 88.1 Å². The van der Waals surface area contributed by atoms with Crippen LogP contribution in [0.3, 0.4) is 0 Å². The van der Waals surface area contributed by atoms with E-state index >= 15 is 0 Å². The molecule has 0 bridgehead atoms. The van der Waals surface area contributed by atoms with Crippen molar-refractivity contribution in [1.29, 1.82) is 0 Å². The van der Waals surface area contributed by atoms with Crippen molar-refractivity contribution in [3.63, 3.8) is 0 Å². The van der Waals surface area contributed by atoms with E-state index in [1.807, 2.05) is 6.92 Å². The van der Waals surface area contributed by atoms with Crippen LogP contribution in [0.25, 0.3) is 0 Å². The Morgan fingerprint density at radius 3 is 2.52 bits per heavy atom. The molecular weight excluding hydrogens is 410 g/mol. The summed E-state index contributed by atoms with van der Waals surface area (Å²) < 4.78 is 30.8. The number of hydrogen-bond donors (Lipinski definition) is 1. The summed E-state index contributed by atoms with van der Waals surface area (Å²) in [6, 6.07) is 4.93. The first-order chi connectivity index (χ1) is 13.8. The van der Waals surface area contributed by atoms with Gasteiger partial charge in [-0.25, -0.2) is 0 Å². The van der Waals surface area contributed by atoms with Crippen molar-refractivity contribution in [3.8, 4) is 5.75 Å². The Labute approximate surface area is 180 Å². The Balaban J connectivity index is 3.25. The van der Waals surface area contributed by atoms with Gasteiger partial charge in [-0.1, -0.05) is 39.2 Å². The highest BCUT2D eigenvalue weighted by molar-refractivity contribution is 7.80. The molecule has 0 aliphatic heterocycles. The number of nitrogens with zero attached hydrogens (tertiary/aromatic N) is 2. The molecule has 0 heterocycles. The third kappa shape index (κ3) is 7.08. The van der Waals surface area contributed by atoms with Crippen LogP contribution in [-0.2, 0) is 15.3 Å². The zero-order valence-electron chi connectivity index (χ0n) is 17.8. The van der Waals surface area contributed by atoms with Crippen molar-refractivity contribution < 1.29 is 17.9 Å². The molecule has 1 aromatic rings. The van der Waals surface area contributed by atoms with Crippen molar-refractivity contribution in [2.24, 2.45) is 4.36 Å². The van der Waals surface area contributed by atoms with Gasteiger partial charge in [-0.05, 0) is 49.7 Å². The minimum Gasteiger partial charge on any atom is -0.494 e. The van der Waals surface area contributed by atoms with Crippen LogP contribution in [0.4, 0.5) is 5.69 Å². The molecule has 1 aromatic carbocycles. The molecule has 0 radical (unpaired) electrons. The molecule has 0 spiro atoms. The molecule has 0 aliphatic carbocycles. The van der Waals surface area contributed by atoms with E-state index in [2.05, 4.69) is 16.6 Å². The lowest BCUT2D eigenvalue weighted by atomic mass is 9.96. The van der Waals surface area contributed by atoms with E-state index < -0.39 is 16.4 Å². The normalized spacial score (nSPS) is 12.6. The SMILES string of the molecule is CCCCCC(CC)N(C(=O)C(C)c1ccc(OC)c(N=S(=O)=O)c1)C(=S)NC. The molecule has 162 valence electrons. The summed E-state index contributed by atoms with van der Waals surface area (Å²) in [6.45, 7) is 5.98. The summed E-state index contributed by atoms with van der Waals surface area (Å²) in [5, 5.41) is 3.32. The monoisotopic (exact) mass is 441 g/mol. The predicted molar refractivity (Wildman–Crippen MR) is 119 cm³/mol. The molecule has 0 aliphatic rings. The van der Waals surface area contributed by atoms with E-state index in [9.17, 15) is 13.2 Å². The van der Waals surface area contributed by atoms with Crippen LogP contribution in [0.1, 0.15) is 64.4 Å². The fourth-order valence-electron chi connectivity index (χ4n) is 3.19. The lowest BCUT2D eigenvalue weighted by Crippen LogP contribution is -2.49. The van der Waals surface area contributed by atoms with E-state index in [0.717, 1.165) is 32.1 Å². The molecule has 1 N–H and O–H groups in total. The van der Waals surface area contributed by atoms with Gasteiger partial charge in [0, 0.05) is 13.1 Å². The van der Waals surface area contributed by atoms with E-state index in [4.69, 9.17) is 17.0 Å². The van der Waals surface area contributed by atoms with Gasteiger partial charge in [-0.2, -0.15) is 8.42 Å². The number of benzene rings is 1. The van der Waals surface area contributed by atoms with Crippen LogP contribution in [-0.4, -0.2) is 44.5 Å². The Morgan fingerprint density at radius 1 is 1.31 bits per heavy atom. The van der Waals surface area contributed by atoms with Crippen LogP contribution >= 0.6 is 12.2 Å². The van der Waals surface area contributed by atoms with Gasteiger partial charge in [0.25, 0.3) is 0 Å². The average molecular weight is 442 g/mol. The highest BCUT2D eigenvalue weighted by Gasteiger charge is 2.30. The molecule has 0 aromatic heterocycles. The van der Waals surface area contributed by atoms with E-state index in [-0.39, 0.29) is 17.6 Å². The van der Waals surface area contributed by atoms with E-state index in [0.29, 0.717) is 16.4 Å². The first-order valence-electron chi connectivity index (χ1n) is 9.84. The molecule has 1 amide bonds. The van der Waals surface area contributed by atoms with Crippen molar-refractivity contribution in [2.45, 2.75) is 64.8 Å². The van der Waals surface area contributed by atoms with Crippen LogP contribution in [0.5, 0.6) is 5.75 Å². The van der Waals surface area contributed by atoms with E-state index in [1.165, 1.54) is 7.11 Å². The summed E-state index contributed by atoms with van der Waals surface area (Å²) >= 11 is 5.44. The fourth-order valence-corrected chi connectivity index (χ4v) is 3.73. The molecule has 29 heavy (non-hydrogen) atoms. The van der Waals surface area contributed by atoms with Crippen molar-refractivity contribution in [3.05, 3.63) is 23.8 Å². The highest BCUT2D eigenvalue weighted by atomic mass is 32.2. The second-order valence-corrected chi connectivity index (χ2v) is 7.79. The summed E-state index contributed by atoms with van der Waals surface area (Å²) in [7, 11) is 0.522. The molecule has 9 heteroatoms. The van der Waals surface area contributed by atoms with E-state index in [1.54, 1.807) is 37.1 Å². The van der Waals surface area contributed by atoms with Crippen LogP contribution in [0.2, 0.25) is 0 Å². The number of rotatable bonds is 10. The number of nitrogens with one attached hydrogen (secondary N) is 1. The minimum atomic E-state index is -2.62. The van der Waals surface area contributed by atoms with Crippen molar-refractivity contribution in [1.82, 2.24) is 10.2 Å². The summed E-state index contributed by atoms with van der Waals surface area (Å²) in [4.78, 5) is 15.0. The van der Waals surface area contributed by atoms with Gasteiger partial charge >= 0.3 is 10.5 Å². The van der Waals surface area contributed by atoms with Gasteiger partial charge in [0.1, 0.15) is 11.4 Å². The first-order valence-corrected chi connectivity index (χ1v) is 11.3. The van der Waals surface area contributed by atoms with Crippen LogP contribution in [0.15, 0.2) is 22.6 Å². The predicted octanol–water partition coefficient (Wildman–Crippen LogP) is 4.18. The number of carbonyl (C=O) groups is 1. The number of ether oxygens (including phenoxy) is 1. The molecule has 0 fully saturated rings. The molecule has 0 saturated heterocycles. The molecule has 1 rings (SSSR count). The summed E-state index contributed by atoms with van der Waals surface area (Å²) in [5.41, 5.74) is 0.808. The Hall–Kier alpha value is -2.00. The van der Waals surface area contributed by atoms with Gasteiger partial charge < -0.3 is 10.1 Å². The zero-order chi connectivity index (χ0) is 22.0. The minimum absolute atomic E-state index is 0.00741. The number of amides is 1. The van der Waals surface area contributed by atoms with Gasteiger partial charge in [0.05, 0.1) is 13.0 Å². The van der Waals surface area contributed by atoms with Gasteiger partial charge in [0.15, 0.2) is 5.11 Å². The quantitative estimate of drug-likeness (QED) is 0.433. The number of hydrogen-bond acceptors (Lipinski definition) is 6. The number of methoxy groups -OCH3 is 1.